The normalized spacial score (nSPS) is 13.2. The van der Waals surface area contributed by atoms with Crippen LogP contribution in [0.2, 0.25) is 0 Å². The summed E-state index contributed by atoms with van der Waals surface area (Å²) in [5.41, 5.74) is 16.7. The second kappa shape index (κ2) is 8.11. The molecule has 0 unspecified atom stereocenters. The lowest BCUT2D eigenvalue weighted by molar-refractivity contribution is -0.138. The summed E-state index contributed by atoms with van der Waals surface area (Å²) in [4.78, 5) is 33.0. The summed E-state index contributed by atoms with van der Waals surface area (Å²) in [6, 6.07) is 4.33. The molecule has 2 atom stereocenters. The average molecular weight is 309 g/mol. The summed E-state index contributed by atoms with van der Waals surface area (Å²) >= 11 is 0. The first-order chi connectivity index (χ1) is 10.3. The molecular formula is C14H19N3O5. The number of carbonyl (C=O) groups is 3. The summed E-state index contributed by atoms with van der Waals surface area (Å²) in [7, 11) is 0. The van der Waals surface area contributed by atoms with Crippen molar-refractivity contribution in [3.63, 3.8) is 0 Å². The smallest absolute Gasteiger partial charge is 0.328 e. The molecule has 1 aromatic rings. The van der Waals surface area contributed by atoms with Crippen molar-refractivity contribution in [3.8, 4) is 5.75 Å². The molecule has 0 radical (unpaired) electrons. The van der Waals surface area contributed by atoms with Gasteiger partial charge in [-0.2, -0.15) is 0 Å². The third kappa shape index (κ3) is 5.90. The van der Waals surface area contributed by atoms with Crippen LogP contribution >= 0.6 is 0 Å². The van der Waals surface area contributed by atoms with Gasteiger partial charge in [0.1, 0.15) is 17.8 Å². The van der Waals surface area contributed by atoms with Crippen LogP contribution in [0.15, 0.2) is 24.3 Å². The fraction of sp³-hybridized carbons (Fsp3) is 0.357. The highest BCUT2D eigenvalue weighted by Crippen LogP contribution is 2.14. The highest BCUT2D eigenvalue weighted by atomic mass is 16.5. The van der Waals surface area contributed by atoms with E-state index in [0.717, 1.165) is 0 Å². The van der Waals surface area contributed by atoms with Gasteiger partial charge in [-0.1, -0.05) is 12.1 Å². The molecular weight excluding hydrogens is 290 g/mol. The zero-order valence-corrected chi connectivity index (χ0v) is 11.9. The Balaban J connectivity index is 2.54. The van der Waals surface area contributed by atoms with Gasteiger partial charge in [0.2, 0.25) is 5.91 Å². The van der Waals surface area contributed by atoms with Gasteiger partial charge >= 0.3 is 11.9 Å². The van der Waals surface area contributed by atoms with Crippen LogP contribution in [-0.2, 0) is 20.8 Å². The quantitative estimate of drug-likeness (QED) is 0.359. The number of esters is 1. The van der Waals surface area contributed by atoms with E-state index in [9.17, 15) is 14.4 Å². The number of aliphatic carboxylic acids is 1. The minimum Gasteiger partial charge on any atom is -0.480 e. The lowest BCUT2D eigenvalue weighted by Crippen LogP contribution is -2.35. The first-order valence-electron chi connectivity index (χ1n) is 6.62. The average Bonchev–Trinajstić information content (AvgIpc) is 2.46. The Morgan fingerprint density at radius 3 is 2.18 bits per heavy atom. The number of nitrogens with two attached hydrogens (primary N) is 3. The molecule has 0 aliphatic rings. The third-order valence-corrected chi connectivity index (χ3v) is 2.92. The number of ether oxygens (including phenoxy) is 1. The monoisotopic (exact) mass is 309 g/mol. The van der Waals surface area contributed by atoms with Crippen molar-refractivity contribution in [2.75, 3.05) is 0 Å². The van der Waals surface area contributed by atoms with E-state index in [-0.39, 0.29) is 25.0 Å². The first-order valence-corrected chi connectivity index (χ1v) is 6.62. The van der Waals surface area contributed by atoms with Gasteiger partial charge in [0, 0.05) is 6.42 Å². The van der Waals surface area contributed by atoms with E-state index in [1.54, 1.807) is 12.1 Å². The van der Waals surface area contributed by atoms with Crippen molar-refractivity contribution >= 4 is 17.8 Å². The van der Waals surface area contributed by atoms with E-state index >= 15 is 0 Å². The number of carboxylic acids is 1. The summed E-state index contributed by atoms with van der Waals surface area (Å²) in [6.07, 6.45) is 0.281. The molecule has 0 aliphatic carbocycles. The molecule has 0 fully saturated rings. The minimum absolute atomic E-state index is 0.00226. The number of hydrogen-bond donors (Lipinski definition) is 4. The molecule has 22 heavy (non-hydrogen) atoms. The molecule has 0 spiro atoms. The van der Waals surface area contributed by atoms with Gasteiger partial charge in [0.25, 0.3) is 0 Å². The summed E-state index contributed by atoms with van der Waals surface area (Å²) in [5.74, 6) is -2.03. The lowest BCUT2D eigenvalue weighted by Gasteiger charge is -2.11. The van der Waals surface area contributed by atoms with Crippen LogP contribution in [0, 0.1) is 0 Å². The van der Waals surface area contributed by atoms with Crippen LogP contribution in [0.25, 0.3) is 0 Å². The fourth-order valence-corrected chi connectivity index (χ4v) is 1.64. The molecule has 0 bridgehead atoms. The Labute approximate surface area is 127 Å². The number of hydrogen-bond acceptors (Lipinski definition) is 6. The molecule has 8 heteroatoms. The van der Waals surface area contributed by atoms with Crippen molar-refractivity contribution in [2.45, 2.75) is 31.3 Å². The SMILES string of the molecule is NC(=O)CC[C@H](N)C(=O)Oc1ccc(C[C@H](N)C(=O)O)cc1. The molecule has 1 amide bonds. The molecule has 1 rings (SSSR count). The van der Waals surface area contributed by atoms with Crippen LogP contribution < -0.4 is 21.9 Å². The molecule has 0 saturated heterocycles. The number of carboxylic acid groups (broad SMARTS) is 1. The topological polar surface area (TPSA) is 159 Å². The molecule has 120 valence electrons. The van der Waals surface area contributed by atoms with E-state index in [1.807, 2.05) is 0 Å². The van der Waals surface area contributed by atoms with Gasteiger partial charge in [-0.3, -0.25) is 9.59 Å². The third-order valence-electron chi connectivity index (χ3n) is 2.92. The standard InChI is InChI=1S/C14H19N3O5/c15-10(5-6-12(17)18)14(21)22-9-3-1-8(2-4-9)7-11(16)13(19)20/h1-4,10-11H,5-7,15-16H2,(H2,17,18)(H,19,20)/t10-,11-/m0/s1. The first kappa shape index (κ1) is 17.6. The largest absolute Gasteiger partial charge is 0.480 e. The van der Waals surface area contributed by atoms with Crippen molar-refractivity contribution in [2.24, 2.45) is 17.2 Å². The van der Waals surface area contributed by atoms with Crippen LogP contribution in [0.5, 0.6) is 5.75 Å². The lowest BCUT2D eigenvalue weighted by atomic mass is 10.1. The summed E-state index contributed by atoms with van der Waals surface area (Å²) in [5, 5.41) is 8.73. The van der Waals surface area contributed by atoms with Crippen LogP contribution in [0.1, 0.15) is 18.4 Å². The van der Waals surface area contributed by atoms with Crippen molar-refractivity contribution in [3.05, 3.63) is 29.8 Å². The van der Waals surface area contributed by atoms with Gasteiger partial charge in [-0.25, -0.2) is 4.79 Å². The molecule has 1 aromatic carbocycles. The van der Waals surface area contributed by atoms with Crippen molar-refractivity contribution in [1.29, 1.82) is 0 Å². The molecule has 0 heterocycles. The second-order valence-corrected chi connectivity index (χ2v) is 4.83. The van der Waals surface area contributed by atoms with Crippen LogP contribution in [0.3, 0.4) is 0 Å². The number of primary amides is 1. The van der Waals surface area contributed by atoms with E-state index in [1.165, 1.54) is 12.1 Å². The van der Waals surface area contributed by atoms with Gasteiger partial charge in [-0.15, -0.1) is 0 Å². The van der Waals surface area contributed by atoms with Gasteiger partial charge in [-0.05, 0) is 30.5 Å². The van der Waals surface area contributed by atoms with E-state index in [2.05, 4.69) is 0 Å². The Morgan fingerprint density at radius 2 is 1.68 bits per heavy atom. The zero-order chi connectivity index (χ0) is 16.7. The Bertz CT molecular complexity index is 544. The van der Waals surface area contributed by atoms with Crippen LogP contribution in [-0.4, -0.2) is 35.0 Å². The van der Waals surface area contributed by atoms with Gasteiger partial charge < -0.3 is 27.0 Å². The van der Waals surface area contributed by atoms with Crippen molar-refractivity contribution in [1.82, 2.24) is 0 Å². The molecule has 7 N–H and O–H groups in total. The second-order valence-electron chi connectivity index (χ2n) is 4.83. The van der Waals surface area contributed by atoms with Crippen LogP contribution in [0.4, 0.5) is 0 Å². The fourth-order valence-electron chi connectivity index (χ4n) is 1.64. The minimum atomic E-state index is -1.09. The number of benzene rings is 1. The number of rotatable bonds is 8. The maximum absolute atomic E-state index is 11.7. The Hall–Kier alpha value is -2.45. The number of carbonyl (C=O) groups excluding carboxylic acids is 2. The van der Waals surface area contributed by atoms with Gasteiger partial charge in [0.15, 0.2) is 0 Å². The zero-order valence-electron chi connectivity index (χ0n) is 11.9. The van der Waals surface area contributed by atoms with Gasteiger partial charge in [0.05, 0.1) is 0 Å². The highest BCUT2D eigenvalue weighted by molar-refractivity contribution is 5.79. The predicted molar refractivity (Wildman–Crippen MR) is 77.8 cm³/mol. The highest BCUT2D eigenvalue weighted by Gasteiger charge is 2.17. The molecule has 0 saturated carbocycles. The van der Waals surface area contributed by atoms with Crippen molar-refractivity contribution < 1.29 is 24.2 Å². The van der Waals surface area contributed by atoms with E-state index in [0.29, 0.717) is 5.56 Å². The predicted octanol–water partition coefficient (Wildman–Crippen LogP) is -0.861. The Kier molecular flexibility index (Phi) is 6.48. The molecule has 0 aromatic heterocycles. The Morgan fingerprint density at radius 1 is 1.09 bits per heavy atom. The van der Waals surface area contributed by atoms with E-state index < -0.39 is 29.9 Å². The maximum atomic E-state index is 11.7. The van der Waals surface area contributed by atoms with E-state index in [4.69, 9.17) is 27.0 Å². The number of amides is 1. The summed E-state index contributed by atoms with van der Waals surface area (Å²) < 4.78 is 5.05. The maximum Gasteiger partial charge on any atom is 0.328 e. The molecule has 8 nitrogen and oxygen atoms in total. The summed E-state index contributed by atoms with van der Waals surface area (Å²) in [6.45, 7) is 0. The molecule has 0 aliphatic heterocycles.